The Bertz CT molecular complexity index is 724. The van der Waals surface area contributed by atoms with E-state index in [1.54, 1.807) is 24.9 Å². The van der Waals surface area contributed by atoms with Crippen molar-refractivity contribution in [2.45, 2.75) is 15.0 Å². The van der Waals surface area contributed by atoms with Crippen LogP contribution in [0, 0.1) is 0 Å². The van der Waals surface area contributed by atoms with Gasteiger partial charge < -0.3 is 4.74 Å². The average molecular weight is 306 g/mol. The van der Waals surface area contributed by atoms with Crippen LogP contribution >= 0.6 is 11.8 Å². The zero-order valence-corrected chi connectivity index (χ0v) is 12.6. The first-order chi connectivity index (χ1) is 9.60. The molecular weight excluding hydrogens is 292 g/mol. The van der Waals surface area contributed by atoms with E-state index in [-0.39, 0.29) is 11.0 Å². The van der Waals surface area contributed by atoms with Gasteiger partial charge in [0.2, 0.25) is 0 Å². The van der Waals surface area contributed by atoms with Gasteiger partial charge in [0.25, 0.3) is 0 Å². The lowest BCUT2D eigenvalue weighted by Gasteiger charge is -2.10. The van der Waals surface area contributed by atoms with Gasteiger partial charge in [-0.15, -0.1) is 11.8 Å². The van der Waals surface area contributed by atoms with E-state index in [4.69, 9.17) is 4.74 Å². The minimum absolute atomic E-state index is 0.0525. The molecule has 5 heteroatoms. The first-order valence-electron chi connectivity index (χ1n) is 6.22. The highest BCUT2D eigenvalue weighted by Crippen LogP contribution is 2.45. The number of methoxy groups -OCH3 is 1. The molecule has 2 aromatic carbocycles. The van der Waals surface area contributed by atoms with Crippen molar-refractivity contribution in [3.63, 3.8) is 0 Å². The molecule has 104 valence electrons. The molecule has 0 spiro atoms. The highest BCUT2D eigenvalue weighted by atomic mass is 32.2. The molecule has 1 aliphatic heterocycles. The molecule has 0 aromatic heterocycles. The summed E-state index contributed by atoms with van der Waals surface area (Å²) >= 11 is 1.59. The highest BCUT2D eigenvalue weighted by Gasteiger charge is 2.35. The van der Waals surface area contributed by atoms with Crippen molar-refractivity contribution in [3.8, 4) is 5.75 Å². The first-order valence-corrected chi connectivity index (χ1v) is 8.76. The van der Waals surface area contributed by atoms with E-state index in [2.05, 4.69) is 0 Å². The molecule has 20 heavy (non-hydrogen) atoms. The summed E-state index contributed by atoms with van der Waals surface area (Å²) in [5.41, 5.74) is 0.875. The topological polar surface area (TPSA) is 43.4 Å². The van der Waals surface area contributed by atoms with Crippen LogP contribution < -0.4 is 4.74 Å². The number of hydrogen-bond acceptors (Lipinski definition) is 4. The number of sulfone groups is 1. The maximum absolute atomic E-state index is 12.3. The third kappa shape index (κ3) is 2.43. The first kappa shape index (κ1) is 13.5. The Hall–Kier alpha value is -1.46. The molecule has 3 rings (SSSR count). The van der Waals surface area contributed by atoms with Crippen molar-refractivity contribution < 1.29 is 13.2 Å². The summed E-state index contributed by atoms with van der Waals surface area (Å²) in [5.74, 6) is 0.729. The molecule has 1 heterocycles. The van der Waals surface area contributed by atoms with Crippen LogP contribution in [0.2, 0.25) is 0 Å². The second-order valence-corrected chi connectivity index (χ2v) is 7.88. The predicted molar refractivity (Wildman–Crippen MR) is 80.1 cm³/mol. The van der Waals surface area contributed by atoms with E-state index in [0.29, 0.717) is 10.6 Å². The molecule has 1 atom stereocenters. The van der Waals surface area contributed by atoms with Gasteiger partial charge in [0.05, 0.1) is 23.0 Å². The third-order valence-corrected chi connectivity index (χ3v) is 6.55. The molecule has 2 aromatic rings. The van der Waals surface area contributed by atoms with Crippen LogP contribution in [0.25, 0.3) is 0 Å². The van der Waals surface area contributed by atoms with Crippen LogP contribution in [-0.2, 0) is 9.84 Å². The van der Waals surface area contributed by atoms with Crippen LogP contribution in [0.4, 0.5) is 0 Å². The lowest BCUT2D eigenvalue weighted by Crippen LogP contribution is -2.01. The third-order valence-electron chi connectivity index (χ3n) is 3.30. The Balaban J connectivity index is 1.98. The summed E-state index contributed by atoms with van der Waals surface area (Å²) in [4.78, 5) is 1.49. The Morgan fingerprint density at radius 2 is 1.90 bits per heavy atom. The van der Waals surface area contributed by atoms with Crippen molar-refractivity contribution in [2.24, 2.45) is 0 Å². The predicted octanol–water partition coefficient (Wildman–Crippen LogP) is 3.32. The van der Waals surface area contributed by atoms with Gasteiger partial charge in [-0.2, -0.15) is 0 Å². The zero-order valence-electron chi connectivity index (χ0n) is 10.9. The lowest BCUT2D eigenvalue weighted by atomic mass is 10.1. The summed E-state index contributed by atoms with van der Waals surface area (Å²) in [6.45, 7) is 0. The second-order valence-electron chi connectivity index (χ2n) is 4.60. The number of thioether (sulfide) groups is 1. The highest BCUT2D eigenvalue weighted by molar-refractivity contribution is 8.01. The Morgan fingerprint density at radius 1 is 1.15 bits per heavy atom. The molecule has 0 bridgehead atoms. The van der Waals surface area contributed by atoms with Gasteiger partial charge in [0.1, 0.15) is 5.75 Å². The molecule has 0 amide bonds. The molecule has 1 aliphatic rings. The standard InChI is InChI=1S/C15H14O3S2/c1-18-11-7-8-13-14(10-20(16,17)15(13)9-11)19-12-5-3-2-4-6-12/h2-9,14H,10H2,1H3. The number of rotatable bonds is 3. The lowest BCUT2D eigenvalue weighted by molar-refractivity contribution is 0.413. The SMILES string of the molecule is COc1ccc2c(c1)S(=O)(=O)CC2Sc1ccccc1. The summed E-state index contributed by atoms with van der Waals surface area (Å²) in [6, 6.07) is 15.2. The molecule has 0 saturated carbocycles. The monoisotopic (exact) mass is 306 g/mol. The fourth-order valence-electron chi connectivity index (χ4n) is 2.32. The van der Waals surface area contributed by atoms with E-state index >= 15 is 0 Å². The van der Waals surface area contributed by atoms with Crippen molar-refractivity contribution in [1.82, 2.24) is 0 Å². The van der Waals surface area contributed by atoms with Crippen molar-refractivity contribution >= 4 is 21.6 Å². The van der Waals surface area contributed by atoms with Crippen LogP contribution in [-0.4, -0.2) is 21.3 Å². The Labute approximate surface area is 122 Å². The molecule has 0 fully saturated rings. The van der Waals surface area contributed by atoms with Crippen molar-refractivity contribution in [2.75, 3.05) is 12.9 Å². The van der Waals surface area contributed by atoms with Crippen molar-refractivity contribution in [1.29, 1.82) is 0 Å². The van der Waals surface area contributed by atoms with E-state index in [1.807, 2.05) is 42.5 Å². The van der Waals surface area contributed by atoms with Gasteiger partial charge in [-0.05, 0) is 29.8 Å². The van der Waals surface area contributed by atoms with Crippen LogP contribution in [0.5, 0.6) is 5.75 Å². The van der Waals surface area contributed by atoms with E-state index < -0.39 is 9.84 Å². The summed E-state index contributed by atoms with van der Waals surface area (Å²) in [6.07, 6.45) is 0. The average Bonchev–Trinajstić information content (AvgIpc) is 2.71. The Kier molecular flexibility index (Phi) is 3.48. The largest absolute Gasteiger partial charge is 0.497 e. The molecule has 1 unspecified atom stereocenters. The Morgan fingerprint density at radius 3 is 2.60 bits per heavy atom. The maximum atomic E-state index is 12.3. The van der Waals surface area contributed by atoms with Crippen molar-refractivity contribution in [3.05, 3.63) is 54.1 Å². The molecule has 0 aliphatic carbocycles. The summed E-state index contributed by atoms with van der Waals surface area (Å²) < 4.78 is 29.6. The smallest absolute Gasteiger partial charge is 0.180 e. The second kappa shape index (κ2) is 5.14. The van der Waals surface area contributed by atoms with E-state index in [1.165, 1.54) is 0 Å². The number of hydrogen-bond donors (Lipinski definition) is 0. The zero-order chi connectivity index (χ0) is 14.2. The number of benzene rings is 2. The fraction of sp³-hybridized carbons (Fsp3) is 0.200. The van der Waals surface area contributed by atoms with Gasteiger partial charge in [-0.3, -0.25) is 0 Å². The maximum Gasteiger partial charge on any atom is 0.180 e. The minimum atomic E-state index is -3.21. The summed E-state index contributed by atoms with van der Waals surface area (Å²) in [5, 5.41) is -0.0525. The van der Waals surface area contributed by atoms with E-state index in [0.717, 1.165) is 10.5 Å². The molecule has 0 N–H and O–H groups in total. The number of ether oxygens (including phenoxy) is 1. The van der Waals surface area contributed by atoms with Crippen LogP contribution in [0.3, 0.4) is 0 Å². The van der Waals surface area contributed by atoms with Gasteiger partial charge >= 0.3 is 0 Å². The molecule has 3 nitrogen and oxygen atoms in total. The fourth-order valence-corrected chi connectivity index (χ4v) is 5.80. The molecular formula is C15H14O3S2. The molecule has 0 saturated heterocycles. The van der Waals surface area contributed by atoms with Crippen LogP contribution in [0.1, 0.15) is 10.8 Å². The van der Waals surface area contributed by atoms with Gasteiger partial charge in [0.15, 0.2) is 9.84 Å². The summed E-state index contributed by atoms with van der Waals surface area (Å²) in [7, 11) is -1.67. The quantitative estimate of drug-likeness (QED) is 0.872. The van der Waals surface area contributed by atoms with Gasteiger partial charge in [-0.25, -0.2) is 8.42 Å². The normalized spacial score (nSPS) is 19.6. The number of fused-ring (bicyclic) bond motifs is 1. The molecule has 0 radical (unpaired) electrons. The van der Waals surface area contributed by atoms with Gasteiger partial charge in [0, 0.05) is 4.90 Å². The van der Waals surface area contributed by atoms with E-state index in [9.17, 15) is 8.42 Å². The minimum Gasteiger partial charge on any atom is -0.497 e. The van der Waals surface area contributed by atoms with Crippen LogP contribution in [0.15, 0.2) is 58.3 Å². The van der Waals surface area contributed by atoms with Gasteiger partial charge in [-0.1, -0.05) is 24.3 Å².